The van der Waals surface area contributed by atoms with E-state index >= 15 is 0 Å². The molecule has 0 aliphatic carbocycles. The molecule has 2 N–H and O–H groups in total. The number of ether oxygens (including phenoxy) is 1. The number of pyridine rings is 1. The number of aromatic nitrogens is 1. The highest BCUT2D eigenvalue weighted by Crippen LogP contribution is 2.28. The van der Waals surface area contributed by atoms with Crippen molar-refractivity contribution >= 4 is 27.6 Å². The van der Waals surface area contributed by atoms with E-state index in [9.17, 15) is 22.0 Å². The first-order chi connectivity index (χ1) is 15.0. The maximum atomic E-state index is 14.7. The normalized spacial score (nSPS) is 23.0. The number of carbonyl (C=O) groups is 1. The Kier molecular flexibility index (Phi) is 7.56. The van der Waals surface area contributed by atoms with Gasteiger partial charge in [-0.1, -0.05) is 0 Å². The Labute approximate surface area is 187 Å². The molecule has 3 rings (SSSR count). The largest absolute Gasteiger partial charge is 0.372 e. The number of carbonyl (C=O) groups excluding carboxylic acids is 1. The van der Waals surface area contributed by atoms with Crippen LogP contribution in [0.2, 0.25) is 0 Å². The number of amides is 2. The second-order valence-corrected chi connectivity index (χ2v) is 11.0. The third kappa shape index (κ3) is 5.84. The molecule has 32 heavy (non-hydrogen) atoms. The first-order valence-electron chi connectivity index (χ1n) is 10.8. The molecule has 3 heterocycles. The summed E-state index contributed by atoms with van der Waals surface area (Å²) >= 11 is 0. The summed E-state index contributed by atoms with van der Waals surface area (Å²) in [6.07, 6.45) is 0.540. The number of likely N-dealkylation sites (tertiary alicyclic amines) is 1. The monoisotopic (exact) mass is 475 g/mol. The topological polar surface area (TPSA) is 104 Å². The predicted octanol–water partition coefficient (Wildman–Crippen LogP) is 2.30. The van der Waals surface area contributed by atoms with Crippen LogP contribution >= 0.6 is 0 Å². The van der Waals surface area contributed by atoms with Gasteiger partial charge in [0.2, 0.25) is 16.0 Å². The molecule has 0 bridgehead atoms. The lowest BCUT2D eigenvalue weighted by Gasteiger charge is -2.36. The number of nitrogens with one attached hydrogen (secondary N) is 2. The number of hydrogen-bond donors (Lipinski definition) is 2. The molecule has 1 aromatic rings. The Balaban J connectivity index is 1.60. The van der Waals surface area contributed by atoms with Gasteiger partial charge < -0.3 is 14.5 Å². The fourth-order valence-electron chi connectivity index (χ4n) is 3.94. The highest BCUT2D eigenvalue weighted by molar-refractivity contribution is 7.90. The van der Waals surface area contributed by atoms with Gasteiger partial charge >= 0.3 is 6.03 Å². The Hall–Kier alpha value is -2.05. The lowest BCUT2D eigenvalue weighted by atomic mass is 10.1. The van der Waals surface area contributed by atoms with E-state index in [1.165, 1.54) is 4.90 Å². The molecule has 9 nitrogen and oxygen atoms in total. The molecule has 2 aliphatic rings. The lowest BCUT2D eigenvalue weighted by Crippen LogP contribution is -2.49. The molecular weight excluding hydrogens is 444 g/mol. The van der Waals surface area contributed by atoms with E-state index in [-0.39, 0.29) is 29.8 Å². The maximum Gasteiger partial charge on any atom is 0.323 e. The quantitative estimate of drug-likeness (QED) is 0.634. The molecular formula is C20H31F2N5O4S. The number of hydrogen-bond acceptors (Lipinski definition) is 6. The summed E-state index contributed by atoms with van der Waals surface area (Å²) in [4.78, 5) is 19.3. The molecule has 2 amide bonds. The number of rotatable bonds is 5. The van der Waals surface area contributed by atoms with Gasteiger partial charge in [-0.2, -0.15) is 4.39 Å². The van der Waals surface area contributed by atoms with Crippen LogP contribution in [0.3, 0.4) is 0 Å². The minimum atomic E-state index is -3.39. The van der Waals surface area contributed by atoms with Gasteiger partial charge in [0.15, 0.2) is 5.82 Å². The molecule has 0 radical (unpaired) electrons. The van der Waals surface area contributed by atoms with E-state index in [1.807, 2.05) is 13.8 Å². The lowest BCUT2D eigenvalue weighted by molar-refractivity contribution is -0.00561. The zero-order chi connectivity index (χ0) is 23.6. The van der Waals surface area contributed by atoms with Crippen LogP contribution in [0.1, 0.15) is 40.5 Å². The van der Waals surface area contributed by atoms with Crippen molar-refractivity contribution in [3.63, 3.8) is 0 Å². The van der Waals surface area contributed by atoms with Crippen LogP contribution in [0.25, 0.3) is 0 Å². The van der Waals surface area contributed by atoms with E-state index in [1.54, 1.807) is 18.7 Å². The van der Waals surface area contributed by atoms with Crippen molar-refractivity contribution in [1.82, 2.24) is 14.6 Å². The zero-order valence-corrected chi connectivity index (χ0v) is 19.6. The van der Waals surface area contributed by atoms with Gasteiger partial charge in [0.1, 0.15) is 11.5 Å². The summed E-state index contributed by atoms with van der Waals surface area (Å²) in [6, 6.07) is 0.213. The molecule has 1 aromatic heterocycles. The Morgan fingerprint density at radius 1 is 1.19 bits per heavy atom. The average Bonchev–Trinajstić information content (AvgIpc) is 2.66. The van der Waals surface area contributed by atoms with E-state index < -0.39 is 33.1 Å². The van der Waals surface area contributed by atoms with E-state index in [0.717, 1.165) is 6.07 Å². The number of piperidine rings is 1. The summed E-state index contributed by atoms with van der Waals surface area (Å²) in [6.45, 7) is 8.15. The fourth-order valence-corrected chi connectivity index (χ4v) is 4.91. The second kappa shape index (κ2) is 9.84. The van der Waals surface area contributed by atoms with Crippen molar-refractivity contribution < 1.29 is 26.7 Å². The molecule has 2 saturated heterocycles. The van der Waals surface area contributed by atoms with Crippen LogP contribution in [0.15, 0.2) is 6.07 Å². The molecule has 2 atom stereocenters. The minimum absolute atomic E-state index is 0.176. The highest BCUT2D eigenvalue weighted by Gasteiger charge is 2.30. The molecule has 12 heteroatoms. The minimum Gasteiger partial charge on any atom is -0.372 e. The molecule has 180 valence electrons. The molecule has 0 unspecified atom stereocenters. The number of urea groups is 1. The van der Waals surface area contributed by atoms with Crippen LogP contribution in [0.5, 0.6) is 0 Å². The summed E-state index contributed by atoms with van der Waals surface area (Å²) in [7, 11) is -3.39. The number of anilines is 2. The standard InChI is InChI=1S/C20H31F2N5O4S/c1-12(2)32(29,30)25-15-5-7-26(8-6-15)20(28)24-17-9-16(21)18(19(22)23-17)27-10-13(3)31-14(4)11-27/h9,12-15,25H,5-8,10-11H2,1-4H3,(H,23,24,28)/t13-,14+. The van der Waals surface area contributed by atoms with Gasteiger partial charge in [-0.25, -0.2) is 27.3 Å². The van der Waals surface area contributed by atoms with Crippen molar-refractivity contribution in [2.75, 3.05) is 36.4 Å². The molecule has 2 aliphatic heterocycles. The van der Waals surface area contributed by atoms with Gasteiger partial charge in [-0.05, 0) is 40.5 Å². The van der Waals surface area contributed by atoms with Crippen LogP contribution in [0, 0.1) is 11.8 Å². The second-order valence-electron chi connectivity index (χ2n) is 8.69. The first-order valence-corrected chi connectivity index (χ1v) is 12.3. The van der Waals surface area contributed by atoms with Crippen LogP contribution in [-0.4, -0.2) is 74.0 Å². The van der Waals surface area contributed by atoms with Crippen molar-refractivity contribution in [2.24, 2.45) is 0 Å². The third-order valence-electron chi connectivity index (χ3n) is 5.61. The van der Waals surface area contributed by atoms with Gasteiger partial charge in [-0.3, -0.25) is 5.32 Å². The molecule has 0 aromatic carbocycles. The van der Waals surface area contributed by atoms with Gasteiger partial charge in [0, 0.05) is 38.3 Å². The number of sulfonamides is 1. The predicted molar refractivity (Wildman–Crippen MR) is 117 cm³/mol. The summed E-state index contributed by atoms with van der Waals surface area (Å²) < 4.78 is 61.6. The van der Waals surface area contributed by atoms with Crippen molar-refractivity contribution in [3.05, 3.63) is 17.8 Å². The van der Waals surface area contributed by atoms with Gasteiger partial charge in [0.05, 0.1) is 17.5 Å². The Morgan fingerprint density at radius 2 is 1.78 bits per heavy atom. The number of nitrogens with zero attached hydrogens (tertiary/aromatic N) is 3. The van der Waals surface area contributed by atoms with Crippen molar-refractivity contribution in [1.29, 1.82) is 0 Å². The molecule has 0 saturated carbocycles. The van der Waals surface area contributed by atoms with E-state index in [2.05, 4.69) is 15.0 Å². The smallest absolute Gasteiger partial charge is 0.323 e. The SMILES string of the molecule is CC(C)S(=O)(=O)NC1CCN(C(=O)Nc2cc(F)c(N3C[C@@H](C)O[C@@H](C)C3)c(F)n2)CC1. The molecule has 0 spiro atoms. The van der Waals surface area contributed by atoms with Gasteiger partial charge in [0.25, 0.3) is 0 Å². The Morgan fingerprint density at radius 3 is 2.31 bits per heavy atom. The third-order valence-corrected chi connectivity index (χ3v) is 7.51. The summed E-state index contributed by atoms with van der Waals surface area (Å²) in [5.74, 6) is -2.02. The fraction of sp³-hybridized carbons (Fsp3) is 0.700. The van der Waals surface area contributed by atoms with Crippen LogP contribution in [-0.2, 0) is 14.8 Å². The Bertz CT molecular complexity index is 905. The van der Waals surface area contributed by atoms with Crippen molar-refractivity contribution in [3.8, 4) is 0 Å². The zero-order valence-electron chi connectivity index (χ0n) is 18.8. The van der Waals surface area contributed by atoms with Gasteiger partial charge in [-0.15, -0.1) is 0 Å². The van der Waals surface area contributed by atoms with Crippen LogP contribution < -0.4 is 14.9 Å². The summed E-state index contributed by atoms with van der Waals surface area (Å²) in [5, 5.41) is 1.90. The number of halogens is 2. The first kappa shape index (κ1) is 24.6. The maximum absolute atomic E-state index is 14.7. The van der Waals surface area contributed by atoms with Crippen LogP contribution in [0.4, 0.5) is 25.1 Å². The van der Waals surface area contributed by atoms with E-state index in [0.29, 0.717) is 39.0 Å². The number of morpholine rings is 1. The summed E-state index contributed by atoms with van der Waals surface area (Å²) in [5.41, 5.74) is -0.233. The average molecular weight is 476 g/mol. The molecule has 2 fully saturated rings. The van der Waals surface area contributed by atoms with E-state index in [4.69, 9.17) is 4.74 Å². The van der Waals surface area contributed by atoms with Crippen molar-refractivity contribution in [2.45, 2.75) is 64.0 Å². The highest BCUT2D eigenvalue weighted by atomic mass is 32.2.